The van der Waals surface area contributed by atoms with Crippen LogP contribution in [0.1, 0.15) is 18.7 Å². The van der Waals surface area contributed by atoms with Crippen molar-refractivity contribution in [1.82, 2.24) is 4.98 Å². The van der Waals surface area contributed by atoms with E-state index < -0.39 is 0 Å². The smallest absolute Gasteiger partial charge is 0.125 e. The molecule has 0 amide bonds. The highest BCUT2D eigenvalue weighted by molar-refractivity contribution is 7.10. The number of nitrogens with zero attached hydrogens (tertiary/aromatic N) is 1. The molecule has 0 bridgehead atoms. The number of nitrogens with two attached hydrogens (primary N) is 1. The minimum Gasteiger partial charge on any atom is -0.384 e. The molecule has 0 aromatic carbocycles. The molecule has 3 N–H and O–H groups in total. The topological polar surface area (TPSA) is 50.9 Å². The first-order chi connectivity index (χ1) is 8.08. The van der Waals surface area contributed by atoms with Gasteiger partial charge in [0, 0.05) is 34.8 Å². The molecule has 0 radical (unpaired) electrons. The predicted molar refractivity (Wildman–Crippen MR) is 74.5 cm³/mol. The van der Waals surface area contributed by atoms with Crippen molar-refractivity contribution in [2.45, 2.75) is 19.3 Å². The molecule has 3 nitrogen and oxygen atoms in total. The summed E-state index contributed by atoms with van der Waals surface area (Å²) in [6.07, 6.45) is 1.72. The number of rotatable bonds is 4. The third kappa shape index (κ3) is 2.97. The Morgan fingerprint density at radius 2 is 2.24 bits per heavy atom. The maximum Gasteiger partial charge on any atom is 0.125 e. The molecule has 2 heterocycles. The number of thiophene rings is 1. The van der Waals surface area contributed by atoms with Crippen molar-refractivity contribution in [2.75, 3.05) is 17.6 Å². The van der Waals surface area contributed by atoms with E-state index in [1.807, 2.05) is 12.1 Å². The highest BCUT2D eigenvalue weighted by Crippen LogP contribution is 2.27. The van der Waals surface area contributed by atoms with Gasteiger partial charge < -0.3 is 11.1 Å². The number of anilines is 2. The number of pyridine rings is 1. The van der Waals surface area contributed by atoms with Gasteiger partial charge in [-0.3, -0.25) is 0 Å². The Labute approximate surface area is 106 Å². The Hall–Kier alpha value is -1.55. The summed E-state index contributed by atoms with van der Waals surface area (Å²) in [7, 11) is 0. The average molecular weight is 247 g/mol. The van der Waals surface area contributed by atoms with E-state index in [0.717, 1.165) is 12.2 Å². The molecule has 4 heteroatoms. The van der Waals surface area contributed by atoms with Gasteiger partial charge in [-0.2, -0.15) is 0 Å². The second-order valence-corrected chi connectivity index (χ2v) is 5.63. The molecule has 90 valence electrons. The van der Waals surface area contributed by atoms with E-state index in [1.165, 1.54) is 4.88 Å². The van der Waals surface area contributed by atoms with Crippen molar-refractivity contribution in [3.05, 3.63) is 40.7 Å². The first kappa shape index (κ1) is 11.9. The van der Waals surface area contributed by atoms with Crippen LogP contribution in [0.4, 0.5) is 11.5 Å². The van der Waals surface area contributed by atoms with Crippen LogP contribution in [0.3, 0.4) is 0 Å². The van der Waals surface area contributed by atoms with E-state index in [4.69, 9.17) is 5.73 Å². The zero-order valence-electron chi connectivity index (χ0n) is 10.1. The Bertz CT molecular complexity index is 477. The van der Waals surface area contributed by atoms with Gasteiger partial charge in [0.1, 0.15) is 5.82 Å². The fraction of sp³-hybridized carbons (Fsp3) is 0.308. The molecule has 17 heavy (non-hydrogen) atoms. The van der Waals surface area contributed by atoms with E-state index in [1.54, 1.807) is 17.5 Å². The van der Waals surface area contributed by atoms with Gasteiger partial charge in [-0.15, -0.1) is 11.3 Å². The van der Waals surface area contributed by atoms with E-state index in [-0.39, 0.29) is 5.41 Å². The standard InChI is InChI=1S/C13H17N3S/c1-13(2,11-4-3-7-17-11)9-16-10-5-6-15-12(14)8-10/h3-8H,9H2,1-2H3,(H3,14,15,16). The molecule has 0 saturated carbocycles. The summed E-state index contributed by atoms with van der Waals surface area (Å²) in [6, 6.07) is 8.05. The quantitative estimate of drug-likeness (QED) is 0.872. The molecule has 0 unspecified atom stereocenters. The van der Waals surface area contributed by atoms with Crippen molar-refractivity contribution in [1.29, 1.82) is 0 Å². The molecular weight excluding hydrogens is 230 g/mol. The van der Waals surface area contributed by atoms with Gasteiger partial charge in [0.2, 0.25) is 0 Å². The Balaban J connectivity index is 2.03. The third-order valence-corrected chi connectivity index (χ3v) is 3.94. The highest BCUT2D eigenvalue weighted by atomic mass is 32.1. The Kier molecular flexibility index (Phi) is 3.33. The fourth-order valence-electron chi connectivity index (χ4n) is 1.63. The molecule has 2 aromatic heterocycles. The van der Waals surface area contributed by atoms with Crippen LogP contribution in [-0.2, 0) is 5.41 Å². The van der Waals surface area contributed by atoms with Gasteiger partial charge in [-0.25, -0.2) is 4.98 Å². The summed E-state index contributed by atoms with van der Waals surface area (Å²) in [5.41, 5.74) is 6.78. The second-order valence-electron chi connectivity index (χ2n) is 4.68. The molecule has 0 spiro atoms. The van der Waals surface area contributed by atoms with Crippen LogP contribution in [0.5, 0.6) is 0 Å². The van der Waals surface area contributed by atoms with E-state index in [9.17, 15) is 0 Å². The maximum atomic E-state index is 5.64. The average Bonchev–Trinajstić information content (AvgIpc) is 2.81. The molecule has 0 aliphatic rings. The van der Waals surface area contributed by atoms with Crippen molar-refractivity contribution >= 4 is 22.8 Å². The van der Waals surface area contributed by atoms with Crippen LogP contribution >= 0.6 is 11.3 Å². The summed E-state index contributed by atoms with van der Waals surface area (Å²) in [4.78, 5) is 5.36. The lowest BCUT2D eigenvalue weighted by molar-refractivity contribution is 0.569. The SMILES string of the molecule is CC(C)(CNc1ccnc(N)c1)c1cccs1. The van der Waals surface area contributed by atoms with Crippen molar-refractivity contribution in [3.8, 4) is 0 Å². The monoisotopic (exact) mass is 247 g/mol. The molecule has 0 atom stereocenters. The summed E-state index contributed by atoms with van der Waals surface area (Å²) in [5, 5.41) is 5.51. The molecule has 0 fully saturated rings. The molecule has 0 aliphatic carbocycles. The van der Waals surface area contributed by atoms with Gasteiger partial charge in [-0.05, 0) is 17.5 Å². The molecule has 2 aromatic rings. The van der Waals surface area contributed by atoms with Crippen molar-refractivity contribution in [3.63, 3.8) is 0 Å². The third-order valence-electron chi connectivity index (χ3n) is 2.70. The molecule has 0 aliphatic heterocycles. The largest absolute Gasteiger partial charge is 0.384 e. The summed E-state index contributed by atoms with van der Waals surface area (Å²) >= 11 is 1.79. The lowest BCUT2D eigenvalue weighted by Crippen LogP contribution is -2.26. The number of hydrogen-bond acceptors (Lipinski definition) is 4. The van der Waals surface area contributed by atoms with Crippen LogP contribution in [0.15, 0.2) is 35.8 Å². The summed E-state index contributed by atoms with van der Waals surface area (Å²) in [6.45, 7) is 5.34. The van der Waals surface area contributed by atoms with Gasteiger partial charge in [0.15, 0.2) is 0 Å². The van der Waals surface area contributed by atoms with Crippen molar-refractivity contribution < 1.29 is 0 Å². The maximum absolute atomic E-state index is 5.64. The van der Waals surface area contributed by atoms with E-state index in [2.05, 4.69) is 41.7 Å². The zero-order chi connectivity index (χ0) is 12.3. The Morgan fingerprint density at radius 1 is 1.41 bits per heavy atom. The van der Waals surface area contributed by atoms with Crippen LogP contribution in [0, 0.1) is 0 Å². The number of hydrogen-bond donors (Lipinski definition) is 2. The number of nitrogens with one attached hydrogen (secondary N) is 1. The first-order valence-electron chi connectivity index (χ1n) is 5.57. The Morgan fingerprint density at radius 3 is 2.88 bits per heavy atom. The molecule has 0 saturated heterocycles. The molecular formula is C13H17N3S. The van der Waals surface area contributed by atoms with Gasteiger partial charge in [0.05, 0.1) is 0 Å². The summed E-state index contributed by atoms with van der Waals surface area (Å²) < 4.78 is 0. The fourth-order valence-corrected chi connectivity index (χ4v) is 2.48. The van der Waals surface area contributed by atoms with Crippen LogP contribution < -0.4 is 11.1 Å². The van der Waals surface area contributed by atoms with Crippen LogP contribution in [-0.4, -0.2) is 11.5 Å². The van der Waals surface area contributed by atoms with Crippen LogP contribution in [0.25, 0.3) is 0 Å². The minimum absolute atomic E-state index is 0.117. The van der Waals surface area contributed by atoms with Crippen LogP contribution in [0.2, 0.25) is 0 Å². The van der Waals surface area contributed by atoms with Gasteiger partial charge >= 0.3 is 0 Å². The van der Waals surface area contributed by atoms with Gasteiger partial charge in [0.25, 0.3) is 0 Å². The highest BCUT2D eigenvalue weighted by Gasteiger charge is 2.21. The van der Waals surface area contributed by atoms with E-state index >= 15 is 0 Å². The normalized spacial score (nSPS) is 11.4. The lowest BCUT2D eigenvalue weighted by atomic mass is 9.91. The van der Waals surface area contributed by atoms with E-state index in [0.29, 0.717) is 5.82 Å². The predicted octanol–water partition coefficient (Wildman–Crippen LogP) is 3.12. The second kappa shape index (κ2) is 4.75. The zero-order valence-corrected chi connectivity index (χ0v) is 10.9. The van der Waals surface area contributed by atoms with Crippen molar-refractivity contribution in [2.24, 2.45) is 0 Å². The number of aromatic nitrogens is 1. The molecule has 2 rings (SSSR count). The number of nitrogen functional groups attached to an aromatic ring is 1. The van der Waals surface area contributed by atoms with Gasteiger partial charge in [-0.1, -0.05) is 19.9 Å². The lowest BCUT2D eigenvalue weighted by Gasteiger charge is -2.24. The minimum atomic E-state index is 0.117. The first-order valence-corrected chi connectivity index (χ1v) is 6.45. The summed E-state index contributed by atoms with van der Waals surface area (Å²) in [5.74, 6) is 0.545.